The summed E-state index contributed by atoms with van der Waals surface area (Å²) in [5, 5.41) is 5.38. The number of fused-ring (bicyclic) bond motifs is 2. The standard InChI is InChI=1S/C24H21FN4O4/c1-14-18-11-15-12-28(13-19-20(31-2)5-4-6-21(19)32-3)24(30)33-23(15)26-22(18)29(27-14)17-9-7-16(25)8-10-17/h4-11H,12-13H2,1-3H3. The van der Waals surface area contributed by atoms with Gasteiger partial charge in [-0.25, -0.2) is 13.9 Å². The van der Waals surface area contributed by atoms with Crippen molar-refractivity contribution in [1.29, 1.82) is 0 Å². The lowest BCUT2D eigenvalue weighted by molar-refractivity contribution is 0.132. The van der Waals surface area contributed by atoms with Crippen LogP contribution in [0.5, 0.6) is 17.4 Å². The van der Waals surface area contributed by atoms with E-state index in [4.69, 9.17) is 14.2 Å². The number of benzene rings is 2. The van der Waals surface area contributed by atoms with Crippen LogP contribution in [0.25, 0.3) is 16.7 Å². The average Bonchev–Trinajstić information content (AvgIpc) is 3.14. The minimum Gasteiger partial charge on any atom is -0.496 e. The molecule has 3 heterocycles. The van der Waals surface area contributed by atoms with Gasteiger partial charge < -0.3 is 14.2 Å². The first kappa shape index (κ1) is 20.7. The summed E-state index contributed by atoms with van der Waals surface area (Å²) in [4.78, 5) is 19.0. The molecule has 0 unspecified atom stereocenters. The fraction of sp³-hybridized carbons (Fsp3) is 0.208. The Balaban J connectivity index is 1.52. The van der Waals surface area contributed by atoms with E-state index in [1.807, 2.05) is 31.2 Å². The van der Waals surface area contributed by atoms with E-state index in [2.05, 4.69) is 10.1 Å². The third-order valence-electron chi connectivity index (χ3n) is 5.64. The second kappa shape index (κ2) is 8.09. The van der Waals surface area contributed by atoms with Crippen LogP contribution in [-0.2, 0) is 13.1 Å². The topological polar surface area (TPSA) is 78.7 Å². The maximum atomic E-state index is 13.4. The SMILES string of the molecule is COc1cccc(OC)c1CN1Cc2cc3c(C)nn(-c4ccc(F)cc4)c3nc2OC1=O. The molecule has 9 heteroatoms. The van der Waals surface area contributed by atoms with Crippen LogP contribution < -0.4 is 14.2 Å². The average molecular weight is 448 g/mol. The molecule has 2 aromatic carbocycles. The Bertz CT molecular complexity index is 1350. The molecule has 0 bridgehead atoms. The van der Waals surface area contributed by atoms with Crippen LogP contribution in [0, 0.1) is 12.7 Å². The smallest absolute Gasteiger partial charge is 0.417 e. The summed E-state index contributed by atoms with van der Waals surface area (Å²) in [6.07, 6.45) is -0.521. The summed E-state index contributed by atoms with van der Waals surface area (Å²) in [5.74, 6) is 1.15. The summed E-state index contributed by atoms with van der Waals surface area (Å²) in [6.45, 7) is 2.43. The molecular weight excluding hydrogens is 427 g/mol. The summed E-state index contributed by atoms with van der Waals surface area (Å²) in [7, 11) is 3.15. The lowest BCUT2D eigenvalue weighted by atomic mass is 10.1. The predicted octanol–water partition coefficient (Wildman–Crippen LogP) is 4.40. The molecule has 0 saturated carbocycles. The molecular formula is C24H21FN4O4. The van der Waals surface area contributed by atoms with Crippen LogP contribution in [0.3, 0.4) is 0 Å². The van der Waals surface area contributed by atoms with Crippen molar-refractivity contribution < 1.29 is 23.4 Å². The number of aryl methyl sites for hydroxylation is 1. The Morgan fingerprint density at radius 1 is 1.09 bits per heavy atom. The quantitative estimate of drug-likeness (QED) is 0.450. The Kier molecular flexibility index (Phi) is 5.08. The highest BCUT2D eigenvalue weighted by molar-refractivity contribution is 5.83. The van der Waals surface area contributed by atoms with E-state index in [1.165, 1.54) is 12.1 Å². The van der Waals surface area contributed by atoms with Gasteiger partial charge in [0.25, 0.3) is 0 Å². The van der Waals surface area contributed by atoms with E-state index >= 15 is 0 Å². The van der Waals surface area contributed by atoms with Crippen molar-refractivity contribution in [1.82, 2.24) is 19.7 Å². The van der Waals surface area contributed by atoms with Crippen molar-refractivity contribution in [3.8, 4) is 23.1 Å². The van der Waals surface area contributed by atoms with Crippen LogP contribution in [0.4, 0.5) is 9.18 Å². The number of carbonyl (C=O) groups is 1. The number of ether oxygens (including phenoxy) is 3. The van der Waals surface area contributed by atoms with Gasteiger partial charge in [-0.3, -0.25) is 4.90 Å². The number of halogens is 1. The maximum Gasteiger partial charge on any atom is 0.417 e. The largest absolute Gasteiger partial charge is 0.496 e. The number of carbonyl (C=O) groups excluding carboxylic acids is 1. The number of pyridine rings is 1. The van der Waals surface area contributed by atoms with Gasteiger partial charge in [-0.1, -0.05) is 6.07 Å². The lowest BCUT2D eigenvalue weighted by Gasteiger charge is -2.28. The van der Waals surface area contributed by atoms with Gasteiger partial charge in [0.05, 0.1) is 44.3 Å². The number of aromatic nitrogens is 3. The second-order valence-corrected chi connectivity index (χ2v) is 7.66. The van der Waals surface area contributed by atoms with Crippen LogP contribution >= 0.6 is 0 Å². The molecule has 0 fully saturated rings. The van der Waals surface area contributed by atoms with Crippen molar-refractivity contribution in [3.63, 3.8) is 0 Å². The zero-order chi connectivity index (χ0) is 23.1. The highest BCUT2D eigenvalue weighted by Crippen LogP contribution is 2.34. The minimum absolute atomic E-state index is 0.235. The first-order valence-electron chi connectivity index (χ1n) is 10.3. The van der Waals surface area contributed by atoms with Gasteiger partial charge in [0.1, 0.15) is 17.3 Å². The summed E-state index contributed by atoms with van der Waals surface area (Å²) >= 11 is 0. The Morgan fingerprint density at radius 2 is 1.79 bits per heavy atom. The third-order valence-corrected chi connectivity index (χ3v) is 5.64. The van der Waals surface area contributed by atoms with Crippen molar-refractivity contribution in [2.45, 2.75) is 20.0 Å². The first-order valence-corrected chi connectivity index (χ1v) is 10.3. The number of rotatable bonds is 5. The Labute approximate surface area is 189 Å². The second-order valence-electron chi connectivity index (χ2n) is 7.66. The highest BCUT2D eigenvalue weighted by atomic mass is 19.1. The van der Waals surface area contributed by atoms with Gasteiger partial charge in [0, 0.05) is 10.9 Å². The molecule has 0 spiro atoms. The molecule has 2 aromatic heterocycles. The highest BCUT2D eigenvalue weighted by Gasteiger charge is 2.29. The monoisotopic (exact) mass is 448 g/mol. The van der Waals surface area contributed by atoms with Gasteiger partial charge in [-0.15, -0.1) is 0 Å². The molecule has 4 aromatic rings. The Hall–Kier alpha value is -4.14. The molecule has 1 aliphatic rings. The number of amides is 1. The molecule has 1 aliphatic heterocycles. The predicted molar refractivity (Wildman–Crippen MR) is 118 cm³/mol. The molecule has 0 atom stereocenters. The number of hydrogen-bond donors (Lipinski definition) is 0. The van der Waals surface area contributed by atoms with E-state index < -0.39 is 6.09 Å². The molecule has 0 aliphatic carbocycles. The van der Waals surface area contributed by atoms with Crippen molar-refractivity contribution in [2.75, 3.05) is 14.2 Å². The van der Waals surface area contributed by atoms with Gasteiger partial charge >= 0.3 is 6.09 Å². The van der Waals surface area contributed by atoms with Crippen molar-refractivity contribution in [2.24, 2.45) is 0 Å². The number of methoxy groups -OCH3 is 2. The van der Waals surface area contributed by atoms with Crippen LogP contribution in [-0.4, -0.2) is 40.0 Å². The fourth-order valence-corrected chi connectivity index (χ4v) is 3.98. The van der Waals surface area contributed by atoms with Crippen molar-refractivity contribution in [3.05, 3.63) is 71.2 Å². The molecule has 8 nitrogen and oxygen atoms in total. The fourth-order valence-electron chi connectivity index (χ4n) is 3.98. The van der Waals surface area contributed by atoms with E-state index in [0.29, 0.717) is 29.4 Å². The molecule has 0 saturated heterocycles. The third kappa shape index (κ3) is 3.61. The molecule has 5 rings (SSSR count). The van der Waals surface area contributed by atoms with Crippen LogP contribution in [0.1, 0.15) is 16.8 Å². The molecule has 0 radical (unpaired) electrons. The zero-order valence-corrected chi connectivity index (χ0v) is 18.3. The Morgan fingerprint density at radius 3 is 2.45 bits per heavy atom. The van der Waals surface area contributed by atoms with Crippen LogP contribution in [0.2, 0.25) is 0 Å². The summed E-state index contributed by atoms with van der Waals surface area (Å²) in [6, 6.07) is 13.4. The summed E-state index contributed by atoms with van der Waals surface area (Å²) < 4.78 is 31.5. The normalized spacial score (nSPS) is 13.1. The molecule has 0 N–H and O–H groups in total. The van der Waals surface area contributed by atoms with E-state index in [1.54, 1.807) is 35.9 Å². The van der Waals surface area contributed by atoms with E-state index in [9.17, 15) is 9.18 Å². The van der Waals surface area contributed by atoms with Gasteiger partial charge in [-0.2, -0.15) is 10.1 Å². The van der Waals surface area contributed by atoms with Crippen molar-refractivity contribution >= 4 is 17.1 Å². The number of hydrogen-bond acceptors (Lipinski definition) is 6. The molecule has 168 valence electrons. The minimum atomic E-state index is -0.521. The maximum absolute atomic E-state index is 13.4. The molecule has 1 amide bonds. The zero-order valence-electron chi connectivity index (χ0n) is 18.3. The lowest BCUT2D eigenvalue weighted by Crippen LogP contribution is -2.37. The van der Waals surface area contributed by atoms with Crippen LogP contribution in [0.15, 0.2) is 48.5 Å². The van der Waals surface area contributed by atoms with Gasteiger partial charge in [0.15, 0.2) is 5.65 Å². The number of nitrogens with zero attached hydrogens (tertiary/aromatic N) is 4. The van der Waals surface area contributed by atoms with E-state index in [-0.39, 0.29) is 18.2 Å². The van der Waals surface area contributed by atoms with Gasteiger partial charge in [-0.05, 0) is 49.4 Å². The van der Waals surface area contributed by atoms with Gasteiger partial charge in [0.2, 0.25) is 5.88 Å². The first-order chi connectivity index (χ1) is 16.0. The van der Waals surface area contributed by atoms with E-state index in [0.717, 1.165) is 22.2 Å². The molecule has 33 heavy (non-hydrogen) atoms. The summed E-state index contributed by atoms with van der Waals surface area (Å²) in [5.41, 5.74) is 3.47.